The van der Waals surface area contributed by atoms with Crippen LogP contribution in [0.15, 0.2) is 24.5 Å². The summed E-state index contributed by atoms with van der Waals surface area (Å²) in [6, 6.07) is 4.44. The van der Waals surface area contributed by atoms with Gasteiger partial charge in [-0.3, -0.25) is 14.7 Å². The molecule has 80 valence electrons. The summed E-state index contributed by atoms with van der Waals surface area (Å²) < 4.78 is 0. The van der Waals surface area contributed by atoms with E-state index >= 15 is 0 Å². The van der Waals surface area contributed by atoms with Gasteiger partial charge in [-0.2, -0.15) is 0 Å². The summed E-state index contributed by atoms with van der Waals surface area (Å²) in [6.07, 6.45) is 5.03. The molecule has 2 rings (SSSR count). The van der Waals surface area contributed by atoms with Crippen molar-refractivity contribution in [2.75, 3.05) is 6.54 Å². The number of likely N-dealkylation sites (tertiary alicyclic amines) is 1. The molecule has 0 amide bonds. The third-order valence-corrected chi connectivity index (χ3v) is 2.96. The van der Waals surface area contributed by atoms with Crippen LogP contribution in [0.3, 0.4) is 0 Å². The summed E-state index contributed by atoms with van der Waals surface area (Å²) in [7, 11) is 0. The normalized spacial score (nSPS) is 23.0. The molecule has 0 aromatic carbocycles. The maximum atomic E-state index is 11.2. The lowest BCUT2D eigenvalue weighted by molar-refractivity contribution is -0.123. The number of hydrogen-bond acceptors (Lipinski definition) is 3. The van der Waals surface area contributed by atoms with Gasteiger partial charge in [0.1, 0.15) is 5.78 Å². The van der Waals surface area contributed by atoms with E-state index in [1.807, 2.05) is 24.5 Å². The topological polar surface area (TPSA) is 33.2 Å². The van der Waals surface area contributed by atoms with E-state index in [9.17, 15) is 4.79 Å². The van der Waals surface area contributed by atoms with Crippen LogP contribution in [0.4, 0.5) is 0 Å². The van der Waals surface area contributed by atoms with Crippen LogP contribution in [-0.4, -0.2) is 28.3 Å². The van der Waals surface area contributed by atoms with Crippen LogP contribution in [0.1, 0.15) is 25.3 Å². The number of pyridine rings is 1. The average Bonchev–Trinajstić information content (AvgIpc) is 2.24. The lowest BCUT2D eigenvalue weighted by Gasteiger charge is -2.32. The molecule has 0 aliphatic carbocycles. The van der Waals surface area contributed by atoms with Gasteiger partial charge in [-0.1, -0.05) is 0 Å². The Balaban J connectivity index is 1.98. The number of carbonyl (C=O) groups is 1. The van der Waals surface area contributed by atoms with Crippen LogP contribution in [0.5, 0.6) is 0 Å². The monoisotopic (exact) mass is 204 g/mol. The molecule has 0 radical (unpaired) electrons. The molecule has 0 spiro atoms. The molecule has 3 nitrogen and oxygen atoms in total. The molecule has 0 saturated carbocycles. The molecule has 15 heavy (non-hydrogen) atoms. The number of nitrogens with zero attached hydrogens (tertiary/aromatic N) is 2. The highest BCUT2D eigenvalue weighted by Crippen LogP contribution is 2.16. The van der Waals surface area contributed by atoms with Crippen molar-refractivity contribution in [3.63, 3.8) is 0 Å². The Bertz CT molecular complexity index is 337. The predicted octanol–water partition coefficient (Wildman–Crippen LogP) is 1.64. The number of piperidine rings is 1. The van der Waals surface area contributed by atoms with Crippen molar-refractivity contribution in [1.29, 1.82) is 0 Å². The van der Waals surface area contributed by atoms with Crippen LogP contribution in [0.25, 0.3) is 0 Å². The fraction of sp³-hybridized carbons (Fsp3) is 0.500. The van der Waals surface area contributed by atoms with Gasteiger partial charge in [0.25, 0.3) is 0 Å². The van der Waals surface area contributed by atoms with E-state index in [1.54, 1.807) is 0 Å². The molecule has 1 aromatic rings. The second-order valence-electron chi connectivity index (χ2n) is 4.17. The van der Waals surface area contributed by atoms with Crippen LogP contribution >= 0.6 is 0 Å². The average molecular weight is 204 g/mol. The van der Waals surface area contributed by atoms with E-state index in [0.29, 0.717) is 24.7 Å². The second kappa shape index (κ2) is 4.53. The van der Waals surface area contributed by atoms with E-state index in [2.05, 4.69) is 16.8 Å². The van der Waals surface area contributed by atoms with E-state index in [4.69, 9.17) is 0 Å². The fourth-order valence-electron chi connectivity index (χ4n) is 2.01. The van der Waals surface area contributed by atoms with E-state index < -0.39 is 0 Å². The Hall–Kier alpha value is -1.22. The van der Waals surface area contributed by atoms with Crippen molar-refractivity contribution in [3.8, 4) is 0 Å². The minimum absolute atomic E-state index is 0.374. The van der Waals surface area contributed by atoms with Gasteiger partial charge in [0.05, 0.1) is 0 Å². The van der Waals surface area contributed by atoms with Gasteiger partial charge in [-0.25, -0.2) is 0 Å². The van der Waals surface area contributed by atoms with Crippen molar-refractivity contribution < 1.29 is 4.79 Å². The molecule has 1 unspecified atom stereocenters. The largest absolute Gasteiger partial charge is 0.300 e. The van der Waals surface area contributed by atoms with Crippen molar-refractivity contribution in [2.24, 2.45) is 0 Å². The third kappa shape index (κ3) is 2.63. The molecule has 1 saturated heterocycles. The van der Waals surface area contributed by atoms with Gasteiger partial charge in [0.2, 0.25) is 0 Å². The van der Waals surface area contributed by atoms with Crippen molar-refractivity contribution in [3.05, 3.63) is 30.1 Å². The van der Waals surface area contributed by atoms with Gasteiger partial charge in [-0.05, 0) is 24.6 Å². The third-order valence-electron chi connectivity index (χ3n) is 2.96. The highest BCUT2D eigenvalue weighted by molar-refractivity contribution is 5.79. The summed E-state index contributed by atoms with van der Waals surface area (Å²) in [5.41, 5.74) is 1.27. The van der Waals surface area contributed by atoms with Gasteiger partial charge in [0, 0.05) is 44.4 Å². The van der Waals surface area contributed by atoms with Crippen LogP contribution in [-0.2, 0) is 11.3 Å². The fourth-order valence-corrected chi connectivity index (χ4v) is 2.01. The highest BCUT2D eigenvalue weighted by atomic mass is 16.1. The second-order valence-corrected chi connectivity index (χ2v) is 4.17. The summed E-state index contributed by atoms with van der Waals surface area (Å²) in [5.74, 6) is 0.397. The van der Waals surface area contributed by atoms with Crippen molar-refractivity contribution in [1.82, 2.24) is 9.88 Å². The first kappa shape index (κ1) is 10.3. The molecular formula is C12H16N2O. The lowest BCUT2D eigenvalue weighted by atomic mass is 10.0. The molecule has 1 aromatic heterocycles. The predicted molar refractivity (Wildman–Crippen MR) is 58.4 cm³/mol. The number of carbonyl (C=O) groups excluding carboxylic acids is 1. The summed E-state index contributed by atoms with van der Waals surface area (Å²) in [6.45, 7) is 3.94. The number of hydrogen-bond donors (Lipinski definition) is 0. The van der Waals surface area contributed by atoms with E-state index in [-0.39, 0.29) is 0 Å². The van der Waals surface area contributed by atoms with Crippen molar-refractivity contribution in [2.45, 2.75) is 32.4 Å². The molecule has 0 N–H and O–H groups in total. The van der Waals surface area contributed by atoms with Crippen LogP contribution < -0.4 is 0 Å². The summed E-state index contributed by atoms with van der Waals surface area (Å²) in [5, 5.41) is 0. The number of Topliss-reactive ketones (excluding diaryl/α,β-unsaturated/α-hetero) is 1. The zero-order valence-electron chi connectivity index (χ0n) is 9.02. The Morgan fingerprint density at radius 1 is 1.47 bits per heavy atom. The quantitative estimate of drug-likeness (QED) is 0.734. The van der Waals surface area contributed by atoms with E-state index in [1.165, 1.54) is 5.56 Å². The maximum absolute atomic E-state index is 11.2. The van der Waals surface area contributed by atoms with Gasteiger partial charge in [-0.15, -0.1) is 0 Å². The van der Waals surface area contributed by atoms with Gasteiger partial charge in [0.15, 0.2) is 0 Å². The smallest absolute Gasteiger partial charge is 0.135 e. The van der Waals surface area contributed by atoms with Gasteiger partial charge < -0.3 is 0 Å². The molecule has 3 heteroatoms. The number of ketones is 1. The molecule has 1 aliphatic heterocycles. The molecular weight excluding hydrogens is 188 g/mol. The SMILES string of the molecule is CC1CC(=O)CCN1Cc1ccncc1. The Morgan fingerprint density at radius 3 is 2.87 bits per heavy atom. The van der Waals surface area contributed by atoms with Crippen LogP contribution in [0, 0.1) is 0 Å². The Kier molecular flexibility index (Phi) is 3.11. The lowest BCUT2D eigenvalue weighted by Crippen LogP contribution is -2.40. The minimum Gasteiger partial charge on any atom is -0.300 e. The summed E-state index contributed by atoms with van der Waals surface area (Å²) in [4.78, 5) is 17.6. The zero-order valence-corrected chi connectivity index (χ0v) is 9.02. The highest BCUT2D eigenvalue weighted by Gasteiger charge is 2.22. The summed E-state index contributed by atoms with van der Waals surface area (Å²) >= 11 is 0. The van der Waals surface area contributed by atoms with Crippen molar-refractivity contribution >= 4 is 5.78 Å². The first-order valence-electron chi connectivity index (χ1n) is 5.40. The molecule has 1 atom stereocenters. The molecule has 1 fully saturated rings. The molecule has 0 bridgehead atoms. The minimum atomic E-state index is 0.374. The van der Waals surface area contributed by atoms with Crippen LogP contribution in [0.2, 0.25) is 0 Å². The van der Waals surface area contributed by atoms with Gasteiger partial charge >= 0.3 is 0 Å². The molecule has 2 heterocycles. The maximum Gasteiger partial charge on any atom is 0.135 e. The Morgan fingerprint density at radius 2 is 2.20 bits per heavy atom. The van der Waals surface area contributed by atoms with E-state index in [0.717, 1.165) is 13.1 Å². The first-order chi connectivity index (χ1) is 7.25. The standard InChI is InChI=1S/C12H16N2O/c1-10-8-12(15)4-7-14(10)9-11-2-5-13-6-3-11/h2-3,5-6,10H,4,7-9H2,1H3. The molecule has 1 aliphatic rings. The number of rotatable bonds is 2. The Labute approximate surface area is 90.1 Å². The zero-order chi connectivity index (χ0) is 10.7. The first-order valence-corrected chi connectivity index (χ1v) is 5.40. The number of aromatic nitrogens is 1.